The van der Waals surface area contributed by atoms with Crippen LogP contribution in [0.4, 0.5) is 0 Å². The number of phosphoric ester groups is 2. The zero-order valence-corrected chi connectivity index (χ0v) is 55.9. The summed E-state index contributed by atoms with van der Waals surface area (Å²) in [5.74, 6) is -1.01. The number of rotatable bonds is 52. The van der Waals surface area contributed by atoms with Crippen LogP contribution in [0.1, 0.15) is 245 Å². The van der Waals surface area contributed by atoms with E-state index < -0.39 is 163 Å². The fourth-order valence-corrected chi connectivity index (χ4v) is 13.9. The second kappa shape index (κ2) is 46.3. The number of hydrogen-bond donors (Lipinski definition) is 16. The fraction of sp³-hybridized carbons (Fsp3) is 0.984. The van der Waals surface area contributed by atoms with Gasteiger partial charge in [-0.15, -0.1) is 0 Å². The highest BCUT2D eigenvalue weighted by molar-refractivity contribution is 7.46. The number of aliphatic hydroxyl groups is 15. The summed E-state index contributed by atoms with van der Waals surface area (Å²) < 4.78 is 57.0. The predicted octanol–water partition coefficient (Wildman–Crippen LogP) is 2.85. The van der Waals surface area contributed by atoms with Gasteiger partial charge in [0, 0.05) is 0 Å². The Kier molecular flexibility index (Phi) is 42.9. The number of carbonyl (C=O) groups excluding carboxylic acids is 1. The van der Waals surface area contributed by atoms with Gasteiger partial charge < -0.3 is 119 Å². The first kappa shape index (κ1) is 84.2. The Bertz CT molecular complexity index is 1960. The van der Waals surface area contributed by atoms with Crippen molar-refractivity contribution in [1.82, 2.24) is 5.32 Å². The Morgan fingerprint density at radius 1 is 0.418 bits per heavy atom. The third-order valence-electron chi connectivity index (χ3n) is 18.0. The lowest BCUT2D eigenvalue weighted by molar-refractivity contribution is -0.342. The SMILES string of the molecule is CCCCCCCCCCCCCCCCCCCCCCCC[C@H](O)C(=O)N[C@@H](COP(=O)([O-])O[C@@H]1[C@H](O)[C@H](O)[C@@H](O)[C@H](O)[C@H]1OC1O[C@H](COP(=O)([O-])OC2[C@H](O)[C@H](O)C(O)[C@H](O)[C@H]2O)[C@@H](O)[C@H](O)[C@@H]1O)[C@H](O)[C@H](O)CCCCCCCCCCCCCC. The van der Waals surface area contributed by atoms with Gasteiger partial charge >= 0.3 is 0 Å². The van der Waals surface area contributed by atoms with E-state index in [1.165, 1.54) is 135 Å². The van der Waals surface area contributed by atoms with Gasteiger partial charge in [-0.1, -0.05) is 232 Å². The molecule has 3 rings (SSSR count). The molecule has 5 unspecified atom stereocenters. The molecule has 0 bridgehead atoms. The van der Waals surface area contributed by atoms with Crippen molar-refractivity contribution in [2.45, 2.75) is 373 Å². The first-order valence-corrected chi connectivity index (χ1v) is 37.3. The highest BCUT2D eigenvalue weighted by Gasteiger charge is 2.55. The molecule has 0 aromatic rings. The van der Waals surface area contributed by atoms with Crippen molar-refractivity contribution in [1.29, 1.82) is 0 Å². The van der Waals surface area contributed by atoms with Gasteiger partial charge in [-0.05, 0) is 12.8 Å². The average molecular weight is 1360 g/mol. The average Bonchev–Trinajstić information content (AvgIpc) is 0.838. The summed E-state index contributed by atoms with van der Waals surface area (Å²) in [5, 5.41) is 162. The van der Waals surface area contributed by atoms with E-state index in [1.54, 1.807) is 0 Å². The molecule has 0 radical (unpaired) electrons. The summed E-state index contributed by atoms with van der Waals surface area (Å²) in [4.78, 5) is 40.0. The van der Waals surface area contributed by atoms with Crippen LogP contribution >= 0.6 is 15.6 Å². The molecule has 2 aliphatic carbocycles. The van der Waals surface area contributed by atoms with Crippen LogP contribution in [0.2, 0.25) is 0 Å². The molecule has 1 saturated heterocycles. The van der Waals surface area contributed by atoms with Crippen molar-refractivity contribution in [2.75, 3.05) is 13.2 Å². The van der Waals surface area contributed by atoms with Gasteiger partial charge in [0.2, 0.25) is 5.91 Å². The molecule has 3 aliphatic rings. The van der Waals surface area contributed by atoms with Crippen LogP contribution in [0.3, 0.4) is 0 Å². The van der Waals surface area contributed by atoms with Crippen LogP contribution in [-0.2, 0) is 41.5 Å². The maximum atomic E-state index is 13.7. The minimum absolute atomic E-state index is 0.0219. The highest BCUT2D eigenvalue weighted by Crippen LogP contribution is 2.46. The van der Waals surface area contributed by atoms with Crippen LogP contribution < -0.4 is 15.1 Å². The molecule has 0 aromatic heterocycles. The Labute approximate surface area is 539 Å². The smallest absolute Gasteiger partial charge is 0.268 e. The van der Waals surface area contributed by atoms with Gasteiger partial charge in [-0.2, -0.15) is 0 Å². The van der Waals surface area contributed by atoms with Crippen molar-refractivity contribution in [3.05, 3.63) is 0 Å². The Morgan fingerprint density at radius 2 is 0.736 bits per heavy atom. The molecule has 540 valence electrons. The zero-order chi connectivity index (χ0) is 67.5. The van der Waals surface area contributed by atoms with Crippen molar-refractivity contribution >= 4 is 21.6 Å². The summed E-state index contributed by atoms with van der Waals surface area (Å²) in [6.07, 6.45) is -5.67. The van der Waals surface area contributed by atoms with Crippen molar-refractivity contribution in [3.8, 4) is 0 Å². The van der Waals surface area contributed by atoms with Crippen LogP contribution in [0.5, 0.6) is 0 Å². The quantitative estimate of drug-likeness (QED) is 0.0307. The van der Waals surface area contributed by atoms with E-state index in [0.717, 1.165) is 64.2 Å². The Hall–Kier alpha value is -0.990. The maximum Gasteiger partial charge on any atom is 0.268 e. The molecule has 91 heavy (non-hydrogen) atoms. The topological polar surface area (TPSA) is 468 Å². The number of unbranched alkanes of at least 4 members (excludes halogenated alkanes) is 32. The number of nitrogens with one attached hydrogen (secondary N) is 1. The number of aliphatic hydroxyl groups excluding tert-OH is 15. The number of ether oxygens (including phenoxy) is 2. The van der Waals surface area contributed by atoms with Crippen molar-refractivity contribution in [3.63, 3.8) is 0 Å². The normalized spacial score (nSPS) is 31.6. The van der Waals surface area contributed by atoms with E-state index in [0.29, 0.717) is 19.3 Å². The van der Waals surface area contributed by atoms with Gasteiger partial charge in [0.15, 0.2) is 6.29 Å². The lowest BCUT2D eigenvalue weighted by Crippen LogP contribution is -2.67. The van der Waals surface area contributed by atoms with Crippen LogP contribution in [0.25, 0.3) is 0 Å². The van der Waals surface area contributed by atoms with E-state index in [-0.39, 0.29) is 12.8 Å². The molecular weight excluding hydrogens is 1240 g/mol. The summed E-state index contributed by atoms with van der Waals surface area (Å²) >= 11 is 0. The van der Waals surface area contributed by atoms with Crippen molar-refractivity contribution in [2.24, 2.45) is 0 Å². The van der Waals surface area contributed by atoms with Gasteiger partial charge in [0.05, 0.1) is 25.4 Å². The first-order chi connectivity index (χ1) is 43.3. The summed E-state index contributed by atoms with van der Waals surface area (Å²) in [6, 6.07) is -1.73. The van der Waals surface area contributed by atoms with Crippen molar-refractivity contribution < 1.29 is 128 Å². The third kappa shape index (κ3) is 31.2. The number of phosphoric acid groups is 2. The monoisotopic (exact) mass is 1360 g/mol. The predicted molar refractivity (Wildman–Crippen MR) is 330 cm³/mol. The molecule has 2 saturated carbocycles. The molecule has 1 heterocycles. The summed E-state index contributed by atoms with van der Waals surface area (Å²) in [6.45, 7) is 1.92. The molecule has 27 nitrogen and oxygen atoms in total. The summed E-state index contributed by atoms with van der Waals surface area (Å²) in [5.41, 5.74) is 0. The summed E-state index contributed by atoms with van der Waals surface area (Å²) in [7, 11) is -11.7. The molecule has 29 heteroatoms. The second-order valence-corrected chi connectivity index (χ2v) is 28.5. The Balaban J connectivity index is 1.59. The molecule has 16 N–H and O–H groups in total. The first-order valence-electron chi connectivity index (χ1n) is 34.4. The molecular formula is C62H119NO26P2-2. The van der Waals surface area contributed by atoms with E-state index in [1.807, 2.05) is 0 Å². The number of hydrogen-bond acceptors (Lipinski definition) is 26. The van der Waals surface area contributed by atoms with Crippen LogP contribution in [0, 0.1) is 0 Å². The zero-order valence-electron chi connectivity index (χ0n) is 54.1. The minimum Gasteiger partial charge on any atom is -0.756 e. The molecule has 1 amide bonds. The lowest BCUT2D eigenvalue weighted by atomic mass is 9.84. The van der Waals surface area contributed by atoms with E-state index in [9.17, 15) is 100 Å². The fourth-order valence-electron chi connectivity index (χ4n) is 12.0. The largest absolute Gasteiger partial charge is 0.756 e. The van der Waals surface area contributed by atoms with Gasteiger partial charge in [-0.25, -0.2) is 0 Å². The highest BCUT2D eigenvalue weighted by atomic mass is 31.2. The third-order valence-corrected chi connectivity index (χ3v) is 19.9. The molecule has 3 fully saturated rings. The number of carbonyl (C=O) groups is 1. The number of amides is 1. The molecule has 1 aliphatic heterocycles. The van der Waals surface area contributed by atoms with Crippen LogP contribution in [-0.4, -0.2) is 224 Å². The minimum atomic E-state index is -5.94. The van der Waals surface area contributed by atoms with E-state index in [4.69, 9.17) is 23.0 Å². The van der Waals surface area contributed by atoms with Gasteiger partial charge in [0.25, 0.3) is 15.6 Å². The molecule has 23 atom stereocenters. The standard InChI is InChI=1S/C62H121NO26P2/c1-3-5-7-9-11-13-15-17-18-19-20-21-22-23-24-25-26-28-30-32-34-36-38-43(65)61(79)63-41(45(66)42(64)37-35-33-31-29-27-16-14-12-10-8-6-4-2)39-84-90(80,81)89-60-56(77)52(73)51(72)55(76)59(60)87-62-57(78)47(68)46(67)44(86-62)40-85-91(82,83)88-58-53(74)49(70)48(69)50(71)54(58)75/h41-60,62,64-78H,3-40H2,1-2H3,(H,63,79)(H,80,81)(H,82,83)/p-2/t41-,42+,43-,44+,45-,46+,47-,48?,49-,50+,51+,52+,53+,54+,55-,56+,57-,58?,59+,60+,62?/m0/s1. The van der Waals surface area contributed by atoms with Gasteiger partial charge in [0.1, 0.15) is 110 Å². The second-order valence-electron chi connectivity index (χ2n) is 25.7. The Morgan fingerprint density at radius 3 is 1.14 bits per heavy atom. The van der Waals surface area contributed by atoms with E-state index >= 15 is 0 Å². The maximum absolute atomic E-state index is 13.7. The van der Waals surface area contributed by atoms with Gasteiger partial charge in [-0.3, -0.25) is 13.9 Å². The lowest BCUT2D eigenvalue weighted by Gasteiger charge is -2.48. The van der Waals surface area contributed by atoms with E-state index in [2.05, 4.69) is 23.7 Å². The van der Waals surface area contributed by atoms with Crippen LogP contribution in [0.15, 0.2) is 0 Å². The molecule has 0 spiro atoms. The molecule has 0 aromatic carbocycles.